The van der Waals surface area contributed by atoms with Crippen LogP contribution in [0.3, 0.4) is 0 Å². The van der Waals surface area contributed by atoms with Crippen LogP contribution in [0.15, 0.2) is 6.20 Å². The maximum atomic E-state index is 11.2. The third-order valence-electron chi connectivity index (χ3n) is 3.00. The number of rotatable bonds is 2. The Morgan fingerprint density at radius 3 is 2.53 bits per heavy atom. The Balaban J connectivity index is 2.06. The van der Waals surface area contributed by atoms with Crippen molar-refractivity contribution in [2.24, 2.45) is 0 Å². The van der Waals surface area contributed by atoms with Gasteiger partial charge in [-0.3, -0.25) is 4.68 Å². The molecule has 1 aliphatic rings. The summed E-state index contributed by atoms with van der Waals surface area (Å²) in [5.41, 5.74) is 7.14. The average Bonchev–Trinajstić information content (AvgIpc) is 2.25. The molecule has 5 nitrogen and oxygen atoms in total. The molecule has 0 unspecified atom stereocenters. The molecule has 0 bridgehead atoms. The van der Waals surface area contributed by atoms with Crippen LogP contribution in [-0.4, -0.2) is 29.7 Å². The lowest BCUT2D eigenvalue weighted by molar-refractivity contribution is 0.290. The minimum Gasteiger partial charge on any atom is -0.396 e. The number of aryl methyl sites for hydroxylation is 1. The first kappa shape index (κ1) is 10.5. The van der Waals surface area contributed by atoms with Crippen LogP contribution in [0.4, 0.5) is 5.69 Å². The van der Waals surface area contributed by atoms with Gasteiger partial charge in [-0.15, -0.1) is 0 Å². The summed E-state index contributed by atoms with van der Waals surface area (Å²) in [6, 6.07) is 0.195. The molecule has 1 aromatic heterocycles. The van der Waals surface area contributed by atoms with E-state index in [1.807, 2.05) is 6.92 Å². The van der Waals surface area contributed by atoms with E-state index < -0.39 is 9.84 Å². The lowest BCUT2D eigenvalue weighted by Crippen LogP contribution is -2.37. The van der Waals surface area contributed by atoms with Crippen molar-refractivity contribution in [3.63, 3.8) is 0 Å². The number of anilines is 1. The third kappa shape index (κ3) is 1.86. The summed E-state index contributed by atoms with van der Waals surface area (Å²) in [6.07, 6.45) is 4.37. The Labute approximate surface area is 89.2 Å². The van der Waals surface area contributed by atoms with E-state index in [-0.39, 0.29) is 11.3 Å². The minimum atomic E-state index is -2.88. The van der Waals surface area contributed by atoms with Crippen molar-refractivity contribution >= 4 is 15.5 Å². The molecular weight excluding hydrogens is 214 g/mol. The average molecular weight is 229 g/mol. The molecular formula is C9H15N3O2S. The van der Waals surface area contributed by atoms with E-state index in [1.165, 1.54) is 6.26 Å². The second kappa shape index (κ2) is 3.23. The molecule has 84 valence electrons. The molecule has 1 aliphatic carbocycles. The molecule has 0 amide bonds. The van der Waals surface area contributed by atoms with Gasteiger partial charge >= 0.3 is 0 Å². The molecule has 0 aromatic carbocycles. The molecule has 1 saturated carbocycles. The van der Waals surface area contributed by atoms with Gasteiger partial charge in [0.1, 0.15) is 9.84 Å². The second-order valence-electron chi connectivity index (χ2n) is 4.23. The normalized spacial score (nSPS) is 26.3. The van der Waals surface area contributed by atoms with E-state index in [1.54, 1.807) is 10.9 Å². The zero-order valence-corrected chi connectivity index (χ0v) is 9.66. The fourth-order valence-electron chi connectivity index (χ4n) is 1.79. The van der Waals surface area contributed by atoms with Crippen LogP contribution >= 0.6 is 0 Å². The summed E-state index contributed by atoms with van der Waals surface area (Å²) in [5.74, 6) is 0. The first-order valence-corrected chi connectivity index (χ1v) is 6.83. The van der Waals surface area contributed by atoms with Gasteiger partial charge in [0.15, 0.2) is 0 Å². The first-order chi connectivity index (χ1) is 6.88. The van der Waals surface area contributed by atoms with Crippen molar-refractivity contribution in [3.05, 3.63) is 11.9 Å². The van der Waals surface area contributed by atoms with Crippen molar-refractivity contribution < 1.29 is 8.42 Å². The number of nitrogens with zero attached hydrogens (tertiary/aromatic N) is 2. The van der Waals surface area contributed by atoms with E-state index in [4.69, 9.17) is 5.73 Å². The molecule has 1 fully saturated rings. The summed E-state index contributed by atoms with van der Waals surface area (Å²) in [5, 5.41) is 4.04. The Kier molecular flexibility index (Phi) is 2.26. The highest BCUT2D eigenvalue weighted by Crippen LogP contribution is 2.36. The summed E-state index contributed by atoms with van der Waals surface area (Å²) >= 11 is 0. The number of hydrogen-bond acceptors (Lipinski definition) is 4. The molecule has 0 atom stereocenters. The summed E-state index contributed by atoms with van der Waals surface area (Å²) in [4.78, 5) is 0. The Morgan fingerprint density at radius 1 is 1.53 bits per heavy atom. The standard InChI is InChI=1S/C9H15N3O2S/c1-6-9(10)5-12(11-6)7-3-8(4-7)15(2,13)14/h5,7-8H,3-4,10H2,1-2H3/t7-,8+. The molecule has 0 radical (unpaired) electrons. The fourth-order valence-corrected chi connectivity index (χ4v) is 2.93. The van der Waals surface area contributed by atoms with Gasteiger partial charge < -0.3 is 5.73 Å². The molecule has 15 heavy (non-hydrogen) atoms. The van der Waals surface area contributed by atoms with Crippen molar-refractivity contribution in [1.82, 2.24) is 9.78 Å². The van der Waals surface area contributed by atoms with Crippen LogP contribution in [0.2, 0.25) is 0 Å². The van der Waals surface area contributed by atoms with Gasteiger partial charge in [-0.1, -0.05) is 0 Å². The van der Waals surface area contributed by atoms with Crippen LogP contribution in [0.1, 0.15) is 24.6 Å². The van der Waals surface area contributed by atoms with E-state index in [2.05, 4.69) is 5.10 Å². The molecule has 1 heterocycles. The summed E-state index contributed by atoms with van der Waals surface area (Å²) in [7, 11) is -2.88. The highest BCUT2D eigenvalue weighted by Gasteiger charge is 2.37. The zero-order valence-electron chi connectivity index (χ0n) is 8.84. The molecule has 0 saturated heterocycles. The Bertz CT molecular complexity index is 452. The smallest absolute Gasteiger partial charge is 0.150 e. The number of hydrogen-bond donors (Lipinski definition) is 1. The van der Waals surface area contributed by atoms with E-state index in [0.29, 0.717) is 18.5 Å². The van der Waals surface area contributed by atoms with Gasteiger partial charge in [0.25, 0.3) is 0 Å². The van der Waals surface area contributed by atoms with Crippen LogP contribution in [0.25, 0.3) is 0 Å². The Hall–Kier alpha value is -1.04. The summed E-state index contributed by atoms with van der Waals surface area (Å²) in [6.45, 7) is 1.85. The van der Waals surface area contributed by atoms with Gasteiger partial charge in [0.2, 0.25) is 0 Å². The van der Waals surface area contributed by atoms with Gasteiger partial charge in [-0.25, -0.2) is 8.42 Å². The zero-order chi connectivity index (χ0) is 11.2. The number of nitrogens with two attached hydrogens (primary N) is 1. The lowest BCUT2D eigenvalue weighted by Gasteiger charge is -2.33. The van der Waals surface area contributed by atoms with E-state index in [9.17, 15) is 8.42 Å². The molecule has 1 aromatic rings. The minimum absolute atomic E-state index is 0.195. The van der Waals surface area contributed by atoms with Gasteiger partial charge in [-0.05, 0) is 19.8 Å². The maximum Gasteiger partial charge on any atom is 0.150 e. The van der Waals surface area contributed by atoms with E-state index in [0.717, 1.165) is 5.69 Å². The predicted octanol–water partition coefficient (Wildman–Crippen LogP) is 0.522. The molecule has 0 spiro atoms. The maximum absolute atomic E-state index is 11.2. The summed E-state index contributed by atoms with van der Waals surface area (Å²) < 4.78 is 24.2. The highest BCUT2D eigenvalue weighted by molar-refractivity contribution is 7.91. The van der Waals surface area contributed by atoms with Crippen molar-refractivity contribution in [2.45, 2.75) is 31.1 Å². The fraction of sp³-hybridized carbons (Fsp3) is 0.667. The lowest BCUT2D eigenvalue weighted by atomic mass is 9.92. The molecule has 2 N–H and O–H groups in total. The highest BCUT2D eigenvalue weighted by atomic mass is 32.2. The molecule has 6 heteroatoms. The monoisotopic (exact) mass is 229 g/mol. The SMILES string of the molecule is Cc1nn([C@H]2C[C@@H](S(C)(=O)=O)C2)cc1N. The first-order valence-electron chi connectivity index (χ1n) is 4.88. The quantitative estimate of drug-likeness (QED) is 0.802. The van der Waals surface area contributed by atoms with Crippen molar-refractivity contribution in [1.29, 1.82) is 0 Å². The van der Waals surface area contributed by atoms with Crippen LogP contribution < -0.4 is 5.73 Å². The van der Waals surface area contributed by atoms with Crippen molar-refractivity contribution in [3.8, 4) is 0 Å². The largest absolute Gasteiger partial charge is 0.396 e. The van der Waals surface area contributed by atoms with Crippen molar-refractivity contribution in [2.75, 3.05) is 12.0 Å². The number of nitrogen functional groups attached to an aromatic ring is 1. The van der Waals surface area contributed by atoms with Gasteiger partial charge in [-0.2, -0.15) is 5.10 Å². The van der Waals surface area contributed by atoms with Crippen LogP contribution in [-0.2, 0) is 9.84 Å². The van der Waals surface area contributed by atoms with Gasteiger partial charge in [0, 0.05) is 12.5 Å². The predicted molar refractivity (Wildman–Crippen MR) is 58.3 cm³/mol. The van der Waals surface area contributed by atoms with E-state index >= 15 is 0 Å². The van der Waals surface area contributed by atoms with Crippen LogP contribution in [0, 0.1) is 6.92 Å². The van der Waals surface area contributed by atoms with Gasteiger partial charge in [0.05, 0.1) is 22.7 Å². The molecule has 2 rings (SSSR count). The Morgan fingerprint density at radius 2 is 2.13 bits per heavy atom. The third-order valence-corrected chi connectivity index (χ3v) is 4.60. The topological polar surface area (TPSA) is 78.0 Å². The number of aromatic nitrogens is 2. The molecule has 0 aliphatic heterocycles. The van der Waals surface area contributed by atoms with Crippen LogP contribution in [0.5, 0.6) is 0 Å². The number of sulfone groups is 1. The second-order valence-corrected chi connectivity index (χ2v) is 6.55.